The van der Waals surface area contributed by atoms with E-state index in [2.05, 4.69) is 4.90 Å². The van der Waals surface area contributed by atoms with E-state index in [4.69, 9.17) is 22.3 Å². The molecule has 206 valence electrons. The highest BCUT2D eigenvalue weighted by atomic mass is 16.4. The van der Waals surface area contributed by atoms with Crippen molar-refractivity contribution in [2.75, 3.05) is 26.2 Å². The molecule has 1 aliphatic heterocycles. The van der Waals surface area contributed by atoms with Gasteiger partial charge in [0, 0.05) is 23.8 Å². The zero-order valence-corrected chi connectivity index (χ0v) is 21.2. The molecule has 1 saturated heterocycles. The number of rotatable bonds is 13. The minimum atomic E-state index is -1.50. The maximum absolute atomic E-state index is 13.4. The molecule has 8 N–H and O–H groups in total. The van der Waals surface area contributed by atoms with E-state index in [1.807, 2.05) is 0 Å². The van der Waals surface area contributed by atoms with Crippen molar-refractivity contribution in [3.05, 3.63) is 35.0 Å². The highest BCUT2D eigenvalue weighted by Crippen LogP contribution is 2.32. The molecule has 12 nitrogen and oxygen atoms in total. The Bertz CT molecular complexity index is 1230. The van der Waals surface area contributed by atoms with E-state index in [0.717, 1.165) is 37.0 Å². The number of aromatic nitrogens is 1. The lowest BCUT2D eigenvalue weighted by molar-refractivity contribution is -0.139. The fourth-order valence-electron chi connectivity index (χ4n) is 5.00. The quantitative estimate of drug-likeness (QED) is 0.227. The van der Waals surface area contributed by atoms with Gasteiger partial charge in [-0.3, -0.25) is 28.5 Å². The van der Waals surface area contributed by atoms with Crippen LogP contribution in [0.2, 0.25) is 0 Å². The number of Topliss-reactive ketones (excluding diaryl/α,β-unsaturated/α-hetero) is 2. The molecule has 38 heavy (non-hydrogen) atoms. The SMILES string of the molecule is NCC(=O)c1c(CC(N)C(=O)O)c2c(C(=O)CCCN3CCCCC3)cccc2n1C(=O)C(N)CC(=O)O. The number of benzene rings is 1. The predicted molar refractivity (Wildman–Crippen MR) is 139 cm³/mol. The number of aliphatic carboxylic acids is 2. The van der Waals surface area contributed by atoms with Crippen molar-refractivity contribution in [2.45, 2.75) is 57.0 Å². The molecule has 2 unspecified atom stereocenters. The molecule has 0 aliphatic carbocycles. The first-order chi connectivity index (χ1) is 18.1. The molecule has 2 atom stereocenters. The van der Waals surface area contributed by atoms with E-state index in [9.17, 15) is 29.1 Å². The van der Waals surface area contributed by atoms with Gasteiger partial charge in [0.15, 0.2) is 11.6 Å². The number of hydrogen-bond acceptors (Lipinski definition) is 9. The number of nitrogens with zero attached hydrogens (tertiary/aromatic N) is 2. The predicted octanol–water partition coefficient (Wildman–Crippen LogP) is 0.628. The summed E-state index contributed by atoms with van der Waals surface area (Å²) in [7, 11) is 0. The first kappa shape index (κ1) is 29.1. The van der Waals surface area contributed by atoms with Crippen molar-refractivity contribution >= 4 is 40.3 Å². The zero-order valence-electron chi connectivity index (χ0n) is 21.2. The van der Waals surface area contributed by atoms with Crippen LogP contribution in [0.1, 0.15) is 69.7 Å². The number of ketones is 2. The number of carboxylic acid groups (broad SMARTS) is 2. The van der Waals surface area contributed by atoms with Gasteiger partial charge in [-0.25, -0.2) is 0 Å². The van der Waals surface area contributed by atoms with Gasteiger partial charge in [-0.15, -0.1) is 0 Å². The summed E-state index contributed by atoms with van der Waals surface area (Å²) in [6.07, 6.45) is 3.21. The largest absolute Gasteiger partial charge is 0.481 e. The zero-order chi connectivity index (χ0) is 28.0. The molecule has 0 spiro atoms. The molecule has 3 rings (SSSR count). The van der Waals surface area contributed by atoms with Crippen molar-refractivity contribution in [3.63, 3.8) is 0 Å². The number of carboxylic acids is 2. The Morgan fingerprint density at radius 3 is 2.24 bits per heavy atom. The van der Waals surface area contributed by atoms with E-state index in [1.54, 1.807) is 12.1 Å². The van der Waals surface area contributed by atoms with Crippen molar-refractivity contribution in [1.29, 1.82) is 0 Å². The van der Waals surface area contributed by atoms with Crippen molar-refractivity contribution < 1.29 is 34.2 Å². The van der Waals surface area contributed by atoms with Crippen LogP contribution in [0.25, 0.3) is 10.9 Å². The Labute approximate surface area is 219 Å². The van der Waals surface area contributed by atoms with E-state index in [0.29, 0.717) is 6.42 Å². The minimum absolute atomic E-state index is 0.0983. The third-order valence-corrected chi connectivity index (χ3v) is 6.84. The second-order valence-electron chi connectivity index (χ2n) is 9.61. The first-order valence-corrected chi connectivity index (χ1v) is 12.7. The summed E-state index contributed by atoms with van der Waals surface area (Å²) in [6, 6.07) is 1.66. The molecule has 0 bridgehead atoms. The third kappa shape index (κ3) is 6.51. The average Bonchev–Trinajstić information content (AvgIpc) is 3.21. The fraction of sp³-hybridized carbons (Fsp3) is 0.500. The molecule has 1 fully saturated rings. The molecule has 1 aromatic heterocycles. The summed E-state index contributed by atoms with van der Waals surface area (Å²) in [5, 5.41) is 18.8. The van der Waals surface area contributed by atoms with Gasteiger partial charge in [-0.05, 0) is 50.5 Å². The van der Waals surface area contributed by atoms with Crippen LogP contribution in [-0.4, -0.2) is 87.4 Å². The smallest absolute Gasteiger partial charge is 0.320 e. The van der Waals surface area contributed by atoms with Gasteiger partial charge in [0.2, 0.25) is 5.91 Å². The van der Waals surface area contributed by atoms with Crippen LogP contribution in [0.3, 0.4) is 0 Å². The Morgan fingerprint density at radius 2 is 1.63 bits per heavy atom. The van der Waals surface area contributed by atoms with Crippen molar-refractivity contribution in [3.8, 4) is 0 Å². The molecular formula is C26H35N5O7. The number of hydrogen-bond donors (Lipinski definition) is 5. The van der Waals surface area contributed by atoms with E-state index in [-0.39, 0.29) is 46.3 Å². The summed E-state index contributed by atoms with van der Waals surface area (Å²) < 4.78 is 0.965. The lowest BCUT2D eigenvalue weighted by Gasteiger charge is -2.26. The van der Waals surface area contributed by atoms with E-state index >= 15 is 0 Å². The lowest BCUT2D eigenvalue weighted by atomic mass is 9.95. The van der Waals surface area contributed by atoms with Crippen molar-refractivity contribution in [2.24, 2.45) is 17.2 Å². The highest BCUT2D eigenvalue weighted by molar-refractivity contribution is 6.16. The second-order valence-corrected chi connectivity index (χ2v) is 9.61. The topological polar surface area (TPSA) is 212 Å². The summed E-state index contributed by atoms with van der Waals surface area (Å²) in [5.41, 5.74) is 17.5. The minimum Gasteiger partial charge on any atom is -0.481 e. The van der Waals surface area contributed by atoms with Crippen LogP contribution in [0.5, 0.6) is 0 Å². The van der Waals surface area contributed by atoms with Crippen molar-refractivity contribution in [1.82, 2.24) is 9.47 Å². The molecule has 2 heterocycles. The van der Waals surface area contributed by atoms with Gasteiger partial charge in [0.05, 0.1) is 30.2 Å². The molecule has 0 radical (unpaired) electrons. The average molecular weight is 530 g/mol. The number of nitrogens with two attached hydrogens (primary N) is 3. The molecule has 2 aromatic rings. The molecule has 0 amide bonds. The maximum Gasteiger partial charge on any atom is 0.320 e. The highest BCUT2D eigenvalue weighted by Gasteiger charge is 2.32. The Balaban J connectivity index is 2.12. The van der Waals surface area contributed by atoms with Crippen LogP contribution in [-0.2, 0) is 16.0 Å². The summed E-state index contributed by atoms with van der Waals surface area (Å²) in [5.74, 6) is -4.47. The van der Waals surface area contributed by atoms with Crippen LogP contribution >= 0.6 is 0 Å². The molecule has 1 aliphatic rings. The number of carbonyl (C=O) groups excluding carboxylic acids is 3. The maximum atomic E-state index is 13.4. The van der Waals surface area contributed by atoms with Gasteiger partial charge in [-0.1, -0.05) is 18.6 Å². The van der Waals surface area contributed by atoms with Gasteiger partial charge in [-0.2, -0.15) is 0 Å². The van der Waals surface area contributed by atoms with Crippen LogP contribution in [0.15, 0.2) is 18.2 Å². The fourth-order valence-corrected chi connectivity index (χ4v) is 5.00. The van der Waals surface area contributed by atoms with Gasteiger partial charge in [0.25, 0.3) is 0 Å². The monoisotopic (exact) mass is 529 g/mol. The second kappa shape index (κ2) is 12.9. The Hall–Kier alpha value is -3.45. The number of fused-ring (bicyclic) bond motifs is 1. The van der Waals surface area contributed by atoms with Gasteiger partial charge in [0.1, 0.15) is 6.04 Å². The van der Waals surface area contributed by atoms with Crippen LogP contribution in [0.4, 0.5) is 0 Å². The Kier molecular flexibility index (Phi) is 9.86. The summed E-state index contributed by atoms with van der Waals surface area (Å²) in [4.78, 5) is 64.9. The lowest BCUT2D eigenvalue weighted by Crippen LogP contribution is -2.39. The first-order valence-electron chi connectivity index (χ1n) is 12.7. The molecule has 0 saturated carbocycles. The van der Waals surface area contributed by atoms with E-state index < -0.39 is 48.7 Å². The van der Waals surface area contributed by atoms with Crippen LogP contribution in [0, 0.1) is 0 Å². The standard InChI is InChI=1S/C26H35N5O7/c27-14-21(33)24-16(12-18(29)26(37)38)23-15(20(32)8-5-11-30-9-2-1-3-10-30)6-4-7-19(23)31(24)25(36)17(28)13-22(34)35/h4,6-7,17-18H,1-3,5,8-14,27-29H2,(H,34,35)(H,37,38). The van der Waals surface area contributed by atoms with E-state index in [1.165, 1.54) is 12.5 Å². The molecular weight excluding hydrogens is 494 g/mol. The molecule has 12 heteroatoms. The number of likely N-dealkylation sites (tertiary alicyclic amines) is 1. The number of piperidine rings is 1. The number of carbonyl (C=O) groups is 5. The summed E-state index contributed by atoms with van der Waals surface area (Å²) in [6.45, 7) is 2.23. The molecule has 1 aromatic carbocycles. The van der Waals surface area contributed by atoms with Gasteiger partial charge < -0.3 is 32.3 Å². The van der Waals surface area contributed by atoms with Crippen LogP contribution < -0.4 is 17.2 Å². The third-order valence-electron chi connectivity index (χ3n) is 6.84. The summed E-state index contributed by atoms with van der Waals surface area (Å²) >= 11 is 0. The normalized spacial score (nSPS) is 15.8. The van der Waals surface area contributed by atoms with Gasteiger partial charge >= 0.3 is 11.9 Å². The Morgan fingerprint density at radius 1 is 0.947 bits per heavy atom.